The van der Waals surface area contributed by atoms with Gasteiger partial charge in [0.05, 0.1) is 11.6 Å². The largest absolute Gasteiger partial charge is 0.381 e. The van der Waals surface area contributed by atoms with Gasteiger partial charge in [0.1, 0.15) is 5.82 Å². The smallest absolute Gasteiger partial charge is 0.252 e. The lowest BCUT2D eigenvalue weighted by molar-refractivity contribution is -0.128. The minimum atomic E-state index is -0.467. The quantitative estimate of drug-likeness (QED) is 0.816. The zero-order valence-corrected chi connectivity index (χ0v) is 14.9. The molecular formula is C19H26N4O3. The summed E-state index contributed by atoms with van der Waals surface area (Å²) in [6.45, 7) is 2.81. The van der Waals surface area contributed by atoms with Crippen molar-refractivity contribution >= 4 is 17.6 Å². The summed E-state index contributed by atoms with van der Waals surface area (Å²) in [5.74, 6) is 1.41. The molecule has 3 fully saturated rings. The molecule has 1 saturated carbocycles. The van der Waals surface area contributed by atoms with Crippen LogP contribution in [0.4, 0.5) is 5.82 Å². The average Bonchev–Trinajstić information content (AvgIpc) is 3.43. The molecule has 3 N–H and O–H groups in total. The second-order valence-electron chi connectivity index (χ2n) is 7.65. The zero-order valence-electron chi connectivity index (χ0n) is 14.9. The molecule has 0 radical (unpaired) electrons. The van der Waals surface area contributed by atoms with Crippen LogP contribution in [-0.2, 0) is 9.53 Å². The van der Waals surface area contributed by atoms with E-state index in [1.807, 2.05) is 0 Å². The molecule has 2 aliphatic heterocycles. The highest BCUT2D eigenvalue weighted by Gasteiger charge is 2.44. The summed E-state index contributed by atoms with van der Waals surface area (Å²) in [4.78, 5) is 30.9. The van der Waals surface area contributed by atoms with Crippen LogP contribution in [-0.4, -0.2) is 49.1 Å². The van der Waals surface area contributed by atoms with Crippen LogP contribution >= 0.6 is 0 Å². The third kappa shape index (κ3) is 3.53. The van der Waals surface area contributed by atoms with Gasteiger partial charge in [-0.15, -0.1) is 0 Å². The van der Waals surface area contributed by atoms with Crippen LogP contribution in [0.25, 0.3) is 0 Å². The minimum Gasteiger partial charge on any atom is -0.381 e. The van der Waals surface area contributed by atoms with Crippen LogP contribution in [0.5, 0.6) is 0 Å². The fourth-order valence-electron chi connectivity index (χ4n) is 4.26. The van der Waals surface area contributed by atoms with Gasteiger partial charge in [-0.1, -0.05) is 0 Å². The van der Waals surface area contributed by atoms with Crippen LogP contribution < -0.4 is 16.0 Å². The number of ether oxygens (including phenoxy) is 1. The SMILES string of the molecule is NC(=O)c1cccnc1N1C[C@@H](NC(=O)C2CCOCC2)[C@H](C2CC2)C1. The van der Waals surface area contributed by atoms with Crippen molar-refractivity contribution in [1.29, 1.82) is 0 Å². The van der Waals surface area contributed by atoms with Gasteiger partial charge < -0.3 is 20.7 Å². The number of rotatable bonds is 5. The third-order valence-corrected chi connectivity index (χ3v) is 5.86. The van der Waals surface area contributed by atoms with Crippen molar-refractivity contribution in [2.24, 2.45) is 23.5 Å². The average molecular weight is 358 g/mol. The Kier molecular flexibility index (Phi) is 4.80. The van der Waals surface area contributed by atoms with Crippen LogP contribution in [0.15, 0.2) is 18.3 Å². The highest BCUT2D eigenvalue weighted by molar-refractivity contribution is 5.97. The summed E-state index contributed by atoms with van der Waals surface area (Å²) in [7, 11) is 0. The van der Waals surface area contributed by atoms with Crippen LogP contribution in [0.2, 0.25) is 0 Å². The van der Waals surface area contributed by atoms with Crippen LogP contribution in [0.1, 0.15) is 36.0 Å². The number of carbonyl (C=O) groups is 2. The van der Waals surface area contributed by atoms with E-state index in [9.17, 15) is 9.59 Å². The fraction of sp³-hybridized carbons (Fsp3) is 0.632. The Morgan fingerprint density at radius 1 is 1.19 bits per heavy atom. The number of nitrogens with zero attached hydrogens (tertiary/aromatic N) is 2. The van der Waals surface area contributed by atoms with E-state index in [1.54, 1.807) is 18.3 Å². The second-order valence-corrected chi connectivity index (χ2v) is 7.65. The van der Waals surface area contributed by atoms with E-state index in [4.69, 9.17) is 10.5 Å². The number of nitrogens with two attached hydrogens (primary N) is 1. The molecule has 3 aliphatic rings. The van der Waals surface area contributed by atoms with E-state index in [-0.39, 0.29) is 17.9 Å². The van der Waals surface area contributed by atoms with Gasteiger partial charge in [0.25, 0.3) is 5.91 Å². The molecule has 2 atom stereocenters. The number of hydrogen-bond donors (Lipinski definition) is 2. The Labute approximate surface area is 153 Å². The van der Waals surface area contributed by atoms with Crippen molar-refractivity contribution in [3.05, 3.63) is 23.9 Å². The second kappa shape index (κ2) is 7.23. The summed E-state index contributed by atoms with van der Waals surface area (Å²) >= 11 is 0. The van der Waals surface area contributed by atoms with Gasteiger partial charge in [-0.3, -0.25) is 9.59 Å². The summed E-state index contributed by atoms with van der Waals surface area (Å²) in [6.07, 6.45) is 5.70. The summed E-state index contributed by atoms with van der Waals surface area (Å²) in [5, 5.41) is 3.29. The number of aromatic nitrogens is 1. The highest BCUT2D eigenvalue weighted by Crippen LogP contribution is 2.42. The van der Waals surface area contributed by atoms with E-state index in [1.165, 1.54) is 12.8 Å². The zero-order chi connectivity index (χ0) is 18.1. The van der Waals surface area contributed by atoms with Gasteiger partial charge in [-0.05, 0) is 43.7 Å². The molecule has 1 aliphatic carbocycles. The molecule has 0 bridgehead atoms. The third-order valence-electron chi connectivity index (χ3n) is 5.86. The number of nitrogens with one attached hydrogen (secondary N) is 1. The van der Waals surface area contributed by atoms with Gasteiger partial charge in [0.15, 0.2) is 0 Å². The molecule has 2 amide bonds. The van der Waals surface area contributed by atoms with E-state index in [0.717, 1.165) is 19.4 Å². The standard InChI is InChI=1S/C19H26N4O3/c20-17(24)14-2-1-7-21-18(14)23-10-15(12-3-4-12)16(11-23)22-19(25)13-5-8-26-9-6-13/h1-2,7,12-13,15-16H,3-6,8-11H2,(H2,20,24)(H,22,25)/t15-,16+/m0/s1. The molecule has 2 saturated heterocycles. The topological polar surface area (TPSA) is 97.5 Å². The molecule has 1 aromatic rings. The Hall–Kier alpha value is -2.15. The van der Waals surface area contributed by atoms with Gasteiger partial charge in [0.2, 0.25) is 5.91 Å². The number of pyridine rings is 1. The Bertz CT molecular complexity index is 685. The number of anilines is 1. The van der Waals surface area contributed by atoms with E-state index in [0.29, 0.717) is 43.0 Å². The van der Waals surface area contributed by atoms with Crippen LogP contribution in [0.3, 0.4) is 0 Å². The number of carbonyl (C=O) groups excluding carboxylic acids is 2. The molecule has 7 nitrogen and oxygen atoms in total. The predicted molar refractivity (Wildman–Crippen MR) is 96.7 cm³/mol. The lowest BCUT2D eigenvalue weighted by Gasteiger charge is -2.25. The van der Waals surface area contributed by atoms with Gasteiger partial charge in [-0.25, -0.2) is 4.98 Å². The Morgan fingerprint density at radius 3 is 2.65 bits per heavy atom. The van der Waals surface area contributed by atoms with Crippen molar-refractivity contribution in [1.82, 2.24) is 10.3 Å². The first-order chi connectivity index (χ1) is 12.6. The molecule has 0 unspecified atom stereocenters. The molecule has 4 rings (SSSR count). The maximum atomic E-state index is 12.7. The monoisotopic (exact) mass is 358 g/mol. The van der Waals surface area contributed by atoms with Gasteiger partial charge >= 0.3 is 0 Å². The molecule has 7 heteroatoms. The molecule has 3 heterocycles. The van der Waals surface area contributed by atoms with Gasteiger partial charge in [0, 0.05) is 44.3 Å². The van der Waals surface area contributed by atoms with Crippen molar-refractivity contribution in [2.45, 2.75) is 31.7 Å². The number of hydrogen-bond acceptors (Lipinski definition) is 5. The highest BCUT2D eigenvalue weighted by atomic mass is 16.5. The van der Waals surface area contributed by atoms with Crippen molar-refractivity contribution in [3.63, 3.8) is 0 Å². The van der Waals surface area contributed by atoms with E-state index >= 15 is 0 Å². The molecule has 26 heavy (non-hydrogen) atoms. The minimum absolute atomic E-state index is 0.0497. The normalized spacial score (nSPS) is 26.7. The molecule has 1 aromatic heterocycles. The van der Waals surface area contributed by atoms with Crippen molar-refractivity contribution in [3.8, 4) is 0 Å². The lowest BCUT2D eigenvalue weighted by Crippen LogP contribution is -2.45. The predicted octanol–water partition coefficient (Wildman–Crippen LogP) is 0.938. The number of amides is 2. The fourth-order valence-corrected chi connectivity index (χ4v) is 4.26. The maximum Gasteiger partial charge on any atom is 0.252 e. The first-order valence-corrected chi connectivity index (χ1v) is 9.51. The van der Waals surface area contributed by atoms with Crippen LogP contribution in [0, 0.1) is 17.8 Å². The first-order valence-electron chi connectivity index (χ1n) is 9.51. The molecule has 140 valence electrons. The Morgan fingerprint density at radius 2 is 1.96 bits per heavy atom. The van der Waals surface area contributed by atoms with E-state index in [2.05, 4.69) is 15.2 Å². The summed E-state index contributed by atoms with van der Waals surface area (Å²) in [6, 6.07) is 3.54. The van der Waals surface area contributed by atoms with Crippen molar-refractivity contribution < 1.29 is 14.3 Å². The summed E-state index contributed by atoms with van der Waals surface area (Å²) in [5.41, 5.74) is 5.96. The van der Waals surface area contributed by atoms with Crippen molar-refractivity contribution in [2.75, 3.05) is 31.2 Å². The van der Waals surface area contributed by atoms with E-state index < -0.39 is 5.91 Å². The molecule has 0 spiro atoms. The lowest BCUT2D eigenvalue weighted by atomic mass is 9.95. The Balaban J connectivity index is 1.49. The maximum absolute atomic E-state index is 12.7. The first kappa shape index (κ1) is 17.3. The molecule has 0 aromatic carbocycles. The summed E-state index contributed by atoms with van der Waals surface area (Å²) < 4.78 is 5.36. The van der Waals surface area contributed by atoms with Gasteiger partial charge in [-0.2, -0.15) is 0 Å². The molecular weight excluding hydrogens is 332 g/mol. The number of primary amides is 1.